The second-order valence-electron chi connectivity index (χ2n) is 6.07. The number of nitrogens with two attached hydrogens (primary N) is 1. The number of anilines is 1. The molecule has 1 aromatic rings. The second kappa shape index (κ2) is 5.93. The third-order valence-corrected chi connectivity index (χ3v) is 4.61. The maximum atomic E-state index is 11.5. The summed E-state index contributed by atoms with van der Waals surface area (Å²) in [6.45, 7) is 2.92. The molecule has 5 heteroatoms. The van der Waals surface area contributed by atoms with Crippen molar-refractivity contribution >= 4 is 11.6 Å². The van der Waals surface area contributed by atoms with Crippen LogP contribution < -0.4 is 15.8 Å². The monoisotopic (exact) mass is 289 g/mol. The fourth-order valence-corrected chi connectivity index (χ4v) is 3.46. The van der Waals surface area contributed by atoms with E-state index >= 15 is 0 Å². The van der Waals surface area contributed by atoms with Crippen LogP contribution in [0.4, 0.5) is 5.69 Å². The molecule has 2 fully saturated rings. The predicted octanol–water partition coefficient (Wildman–Crippen LogP) is 1.38. The molecule has 21 heavy (non-hydrogen) atoms. The van der Waals surface area contributed by atoms with Crippen molar-refractivity contribution in [2.75, 3.05) is 25.9 Å². The number of fused-ring (bicyclic) bond motifs is 1. The number of methoxy groups -OCH3 is 1. The minimum absolute atomic E-state index is 0.213. The van der Waals surface area contributed by atoms with Gasteiger partial charge in [-0.3, -0.25) is 9.69 Å². The van der Waals surface area contributed by atoms with E-state index in [-0.39, 0.29) is 5.91 Å². The Morgan fingerprint density at radius 2 is 2.29 bits per heavy atom. The minimum Gasteiger partial charge on any atom is -0.496 e. The Balaban J connectivity index is 1.65. The molecular weight excluding hydrogens is 266 g/mol. The quantitative estimate of drug-likeness (QED) is 0.825. The summed E-state index contributed by atoms with van der Waals surface area (Å²) in [5, 5.41) is 3.13. The van der Waals surface area contributed by atoms with Crippen molar-refractivity contribution in [2.24, 2.45) is 5.92 Å². The van der Waals surface area contributed by atoms with E-state index in [0.29, 0.717) is 18.4 Å². The fraction of sp³-hybridized carbons (Fsp3) is 0.562. The average molecular weight is 289 g/mol. The Morgan fingerprint density at radius 3 is 3.10 bits per heavy atom. The highest BCUT2D eigenvalue weighted by molar-refractivity contribution is 5.77. The number of amides is 1. The Morgan fingerprint density at radius 1 is 1.43 bits per heavy atom. The highest BCUT2D eigenvalue weighted by atomic mass is 16.5. The Bertz CT molecular complexity index is 532. The Labute approximate surface area is 125 Å². The molecule has 2 saturated heterocycles. The Hall–Kier alpha value is -1.75. The highest BCUT2D eigenvalue weighted by Gasteiger charge is 2.33. The van der Waals surface area contributed by atoms with Crippen LogP contribution in [-0.4, -0.2) is 37.0 Å². The topological polar surface area (TPSA) is 67.6 Å². The van der Waals surface area contributed by atoms with Crippen molar-refractivity contribution in [1.82, 2.24) is 10.2 Å². The molecule has 2 heterocycles. The van der Waals surface area contributed by atoms with Crippen LogP contribution in [0.2, 0.25) is 0 Å². The molecule has 1 aromatic carbocycles. The number of piperidine rings is 2. The van der Waals surface area contributed by atoms with Gasteiger partial charge in [-0.15, -0.1) is 0 Å². The smallest absolute Gasteiger partial charge is 0.220 e. The molecule has 2 unspecified atom stereocenters. The molecule has 0 radical (unpaired) electrons. The van der Waals surface area contributed by atoms with Crippen LogP contribution in [0.25, 0.3) is 0 Å². The van der Waals surface area contributed by atoms with Crippen LogP contribution >= 0.6 is 0 Å². The molecule has 2 atom stereocenters. The van der Waals surface area contributed by atoms with Gasteiger partial charge in [0.05, 0.1) is 7.11 Å². The minimum atomic E-state index is 0.213. The first-order valence-corrected chi connectivity index (χ1v) is 7.60. The van der Waals surface area contributed by atoms with Crippen molar-refractivity contribution in [3.63, 3.8) is 0 Å². The van der Waals surface area contributed by atoms with Crippen molar-refractivity contribution in [2.45, 2.75) is 31.8 Å². The van der Waals surface area contributed by atoms with E-state index in [2.05, 4.69) is 10.2 Å². The van der Waals surface area contributed by atoms with Crippen LogP contribution in [0.3, 0.4) is 0 Å². The lowest BCUT2D eigenvalue weighted by atomic mass is 9.85. The van der Waals surface area contributed by atoms with Gasteiger partial charge < -0.3 is 15.8 Å². The van der Waals surface area contributed by atoms with Gasteiger partial charge in [0, 0.05) is 49.4 Å². The molecule has 0 bridgehead atoms. The summed E-state index contributed by atoms with van der Waals surface area (Å²) < 4.78 is 5.42. The van der Waals surface area contributed by atoms with Crippen molar-refractivity contribution < 1.29 is 9.53 Å². The number of ether oxygens (including phenoxy) is 1. The number of carbonyl (C=O) groups excluding carboxylic acids is 1. The van der Waals surface area contributed by atoms with Gasteiger partial charge in [-0.2, -0.15) is 0 Å². The molecule has 0 aromatic heterocycles. The second-order valence-corrected chi connectivity index (χ2v) is 6.07. The molecule has 0 saturated carbocycles. The molecule has 2 aliphatic heterocycles. The molecule has 3 N–H and O–H groups in total. The summed E-state index contributed by atoms with van der Waals surface area (Å²) in [4.78, 5) is 13.9. The van der Waals surface area contributed by atoms with E-state index in [1.165, 1.54) is 5.56 Å². The average Bonchev–Trinajstić information content (AvgIpc) is 2.49. The van der Waals surface area contributed by atoms with Gasteiger partial charge in [0.2, 0.25) is 5.91 Å². The number of hydrogen-bond donors (Lipinski definition) is 2. The number of hydrogen-bond acceptors (Lipinski definition) is 4. The zero-order valence-electron chi connectivity index (χ0n) is 12.5. The summed E-state index contributed by atoms with van der Waals surface area (Å²) in [5.74, 6) is 1.65. The van der Waals surface area contributed by atoms with Gasteiger partial charge in [-0.25, -0.2) is 0 Å². The molecule has 1 amide bonds. The molecule has 3 rings (SSSR count). The largest absolute Gasteiger partial charge is 0.496 e. The zero-order chi connectivity index (χ0) is 14.8. The number of rotatable bonds is 3. The maximum Gasteiger partial charge on any atom is 0.220 e. The van der Waals surface area contributed by atoms with Gasteiger partial charge in [0.25, 0.3) is 0 Å². The van der Waals surface area contributed by atoms with Gasteiger partial charge in [0.15, 0.2) is 0 Å². The normalized spacial score (nSPS) is 26.0. The third-order valence-electron chi connectivity index (χ3n) is 4.61. The van der Waals surface area contributed by atoms with Crippen LogP contribution in [0.15, 0.2) is 18.2 Å². The van der Waals surface area contributed by atoms with E-state index in [1.807, 2.05) is 18.2 Å². The highest BCUT2D eigenvalue weighted by Crippen LogP contribution is 2.28. The maximum absolute atomic E-state index is 11.5. The fourth-order valence-electron chi connectivity index (χ4n) is 3.46. The van der Waals surface area contributed by atoms with E-state index in [4.69, 9.17) is 10.5 Å². The number of nitrogens with zero attached hydrogens (tertiary/aromatic N) is 1. The number of likely N-dealkylation sites (tertiary alicyclic amines) is 1. The van der Waals surface area contributed by atoms with Gasteiger partial charge >= 0.3 is 0 Å². The van der Waals surface area contributed by atoms with Crippen LogP contribution in [0.1, 0.15) is 24.8 Å². The lowest BCUT2D eigenvalue weighted by molar-refractivity contribution is -0.125. The Kier molecular flexibility index (Phi) is 4.01. The van der Waals surface area contributed by atoms with Crippen LogP contribution in [0.5, 0.6) is 5.75 Å². The molecule has 0 spiro atoms. The lowest BCUT2D eigenvalue weighted by Crippen LogP contribution is -2.53. The van der Waals surface area contributed by atoms with E-state index in [1.54, 1.807) is 7.11 Å². The van der Waals surface area contributed by atoms with Crippen molar-refractivity contribution in [1.29, 1.82) is 0 Å². The van der Waals surface area contributed by atoms with Gasteiger partial charge in [-0.05, 0) is 24.8 Å². The number of carbonyl (C=O) groups is 1. The number of benzene rings is 1. The number of nitrogens with one attached hydrogen (secondary N) is 1. The van der Waals surface area contributed by atoms with Gasteiger partial charge in [-0.1, -0.05) is 6.07 Å². The van der Waals surface area contributed by atoms with E-state index < -0.39 is 0 Å². The molecule has 2 aliphatic rings. The van der Waals surface area contributed by atoms with E-state index in [9.17, 15) is 4.79 Å². The summed E-state index contributed by atoms with van der Waals surface area (Å²) in [6.07, 6.45) is 2.71. The predicted molar refractivity (Wildman–Crippen MR) is 82.0 cm³/mol. The third kappa shape index (κ3) is 3.13. The zero-order valence-corrected chi connectivity index (χ0v) is 12.5. The molecule has 0 aliphatic carbocycles. The molecule has 5 nitrogen and oxygen atoms in total. The summed E-state index contributed by atoms with van der Waals surface area (Å²) in [5.41, 5.74) is 7.70. The number of nitrogen functional groups attached to an aromatic ring is 1. The summed E-state index contributed by atoms with van der Waals surface area (Å²) in [7, 11) is 1.68. The standard InChI is InChI=1S/C16H23N3O2/c1-21-15-8-13(17)4-2-12(15)10-19-7-6-14-11(9-19)3-5-16(20)18-14/h2,4,8,11,14H,3,5-7,9-10,17H2,1H3,(H,18,20). The van der Waals surface area contributed by atoms with Gasteiger partial charge in [0.1, 0.15) is 5.75 Å². The lowest BCUT2D eigenvalue weighted by Gasteiger charge is -2.41. The summed E-state index contributed by atoms with van der Waals surface area (Å²) in [6, 6.07) is 6.22. The first kappa shape index (κ1) is 14.2. The molecular formula is C16H23N3O2. The first-order valence-electron chi connectivity index (χ1n) is 7.60. The van der Waals surface area contributed by atoms with Crippen LogP contribution in [0, 0.1) is 5.92 Å². The SMILES string of the molecule is COc1cc(N)ccc1CN1CCC2NC(=O)CCC2C1. The van der Waals surface area contributed by atoms with E-state index in [0.717, 1.165) is 43.9 Å². The van der Waals surface area contributed by atoms with Crippen LogP contribution in [-0.2, 0) is 11.3 Å². The van der Waals surface area contributed by atoms with Crippen molar-refractivity contribution in [3.05, 3.63) is 23.8 Å². The van der Waals surface area contributed by atoms with Crippen molar-refractivity contribution in [3.8, 4) is 5.75 Å². The summed E-state index contributed by atoms with van der Waals surface area (Å²) >= 11 is 0. The molecule has 114 valence electrons. The first-order chi connectivity index (χ1) is 10.2.